The molecule has 3 aromatic rings. The lowest BCUT2D eigenvalue weighted by molar-refractivity contribution is 0.0998. The highest BCUT2D eigenvalue weighted by Gasteiger charge is 2.23. The summed E-state index contributed by atoms with van der Waals surface area (Å²) in [6, 6.07) is 6.72. The maximum atomic E-state index is 13.5. The molecule has 0 spiro atoms. The fraction of sp³-hybridized carbons (Fsp3) is 0.333. The van der Waals surface area contributed by atoms with Gasteiger partial charge in [0, 0.05) is 26.2 Å². The average Bonchev–Trinajstić information content (AvgIpc) is 3.10. The van der Waals surface area contributed by atoms with Crippen molar-refractivity contribution in [2.45, 2.75) is 20.4 Å². The SMILES string of the molecule is CC#CCn1c(Oc2ccccc2C(N)=O)nc2nc(C)n(N3CCNCC3)c(=O)c21.Cl. The summed E-state index contributed by atoms with van der Waals surface area (Å²) < 4.78 is 9.10. The summed E-state index contributed by atoms with van der Waals surface area (Å²) in [5.41, 5.74) is 5.99. The zero-order valence-electron chi connectivity index (χ0n) is 17.8. The number of aryl methyl sites for hydroxylation is 1. The third kappa shape index (κ3) is 4.26. The number of hydrogen-bond donors (Lipinski definition) is 2. The minimum Gasteiger partial charge on any atom is -0.425 e. The minimum atomic E-state index is -0.623. The fourth-order valence-corrected chi connectivity index (χ4v) is 3.58. The first kappa shape index (κ1) is 23.1. The summed E-state index contributed by atoms with van der Waals surface area (Å²) >= 11 is 0. The first-order chi connectivity index (χ1) is 15.0. The van der Waals surface area contributed by atoms with Crippen LogP contribution in [-0.4, -0.2) is 51.3 Å². The third-order valence-electron chi connectivity index (χ3n) is 5.03. The Balaban J connectivity index is 0.00000289. The number of halogens is 1. The van der Waals surface area contributed by atoms with Crippen LogP contribution < -0.4 is 26.4 Å². The Morgan fingerprint density at radius 2 is 1.97 bits per heavy atom. The van der Waals surface area contributed by atoms with Crippen LogP contribution in [0.4, 0.5) is 0 Å². The Kier molecular flexibility index (Phi) is 7.02. The number of nitrogens with zero attached hydrogens (tertiary/aromatic N) is 5. The molecule has 10 nitrogen and oxygen atoms in total. The number of rotatable bonds is 5. The summed E-state index contributed by atoms with van der Waals surface area (Å²) in [5.74, 6) is 5.93. The van der Waals surface area contributed by atoms with Crippen LogP contribution in [0.3, 0.4) is 0 Å². The number of amides is 1. The number of carbonyl (C=O) groups is 1. The molecule has 2 aromatic heterocycles. The number of hydrogen-bond acceptors (Lipinski definition) is 7. The number of nitrogens with one attached hydrogen (secondary N) is 1. The van der Waals surface area contributed by atoms with Gasteiger partial charge in [-0.15, -0.1) is 18.3 Å². The zero-order valence-corrected chi connectivity index (χ0v) is 18.6. The van der Waals surface area contributed by atoms with Crippen molar-refractivity contribution in [2.75, 3.05) is 31.2 Å². The number of piperazine rings is 1. The molecule has 0 radical (unpaired) electrons. The molecule has 32 heavy (non-hydrogen) atoms. The topological polar surface area (TPSA) is 120 Å². The van der Waals surface area contributed by atoms with E-state index in [0.717, 1.165) is 13.1 Å². The molecule has 1 amide bonds. The number of fused-ring (bicyclic) bond motifs is 1. The number of ether oxygens (including phenoxy) is 1. The van der Waals surface area contributed by atoms with E-state index in [9.17, 15) is 9.59 Å². The highest BCUT2D eigenvalue weighted by atomic mass is 35.5. The molecule has 1 aromatic carbocycles. The summed E-state index contributed by atoms with van der Waals surface area (Å²) in [4.78, 5) is 34.3. The molecule has 0 unspecified atom stereocenters. The van der Waals surface area contributed by atoms with Crippen molar-refractivity contribution < 1.29 is 9.53 Å². The van der Waals surface area contributed by atoms with Gasteiger partial charge in [0.15, 0.2) is 11.2 Å². The molecule has 0 atom stereocenters. The molecule has 4 rings (SSSR count). The second-order valence-electron chi connectivity index (χ2n) is 7.02. The van der Waals surface area contributed by atoms with Gasteiger partial charge < -0.3 is 20.8 Å². The van der Waals surface area contributed by atoms with Crippen LogP contribution in [-0.2, 0) is 6.54 Å². The molecule has 0 saturated carbocycles. The predicted molar refractivity (Wildman–Crippen MR) is 123 cm³/mol. The van der Waals surface area contributed by atoms with E-state index >= 15 is 0 Å². The van der Waals surface area contributed by atoms with E-state index < -0.39 is 5.91 Å². The van der Waals surface area contributed by atoms with Gasteiger partial charge in [0.2, 0.25) is 0 Å². The predicted octanol–water partition coefficient (Wildman–Crippen LogP) is 0.779. The van der Waals surface area contributed by atoms with Crippen LogP contribution >= 0.6 is 12.4 Å². The van der Waals surface area contributed by atoms with Crippen molar-refractivity contribution in [1.29, 1.82) is 0 Å². The third-order valence-corrected chi connectivity index (χ3v) is 5.03. The van der Waals surface area contributed by atoms with Gasteiger partial charge in [-0.1, -0.05) is 18.1 Å². The summed E-state index contributed by atoms with van der Waals surface area (Å²) in [6.45, 7) is 6.60. The highest BCUT2D eigenvalue weighted by molar-refractivity contribution is 5.95. The van der Waals surface area contributed by atoms with Crippen LogP contribution in [0.5, 0.6) is 11.8 Å². The largest absolute Gasteiger partial charge is 0.425 e. The molecule has 1 aliphatic heterocycles. The van der Waals surface area contributed by atoms with Crippen molar-refractivity contribution in [1.82, 2.24) is 24.5 Å². The lowest BCUT2D eigenvalue weighted by Gasteiger charge is -2.31. The summed E-state index contributed by atoms with van der Waals surface area (Å²) in [6.07, 6.45) is 0. The van der Waals surface area contributed by atoms with E-state index in [-0.39, 0.29) is 47.5 Å². The average molecular weight is 458 g/mol. The van der Waals surface area contributed by atoms with Crippen LogP contribution in [0.15, 0.2) is 29.1 Å². The van der Waals surface area contributed by atoms with Gasteiger partial charge in [0.1, 0.15) is 11.6 Å². The maximum absolute atomic E-state index is 13.5. The molecule has 1 fully saturated rings. The second-order valence-corrected chi connectivity index (χ2v) is 7.02. The Hall–Kier alpha value is -3.55. The zero-order chi connectivity index (χ0) is 22.0. The van der Waals surface area contributed by atoms with Crippen molar-refractivity contribution in [3.63, 3.8) is 0 Å². The highest BCUT2D eigenvalue weighted by Crippen LogP contribution is 2.26. The fourth-order valence-electron chi connectivity index (χ4n) is 3.58. The smallest absolute Gasteiger partial charge is 0.305 e. The number of imidazole rings is 1. The van der Waals surface area contributed by atoms with Gasteiger partial charge in [-0.25, -0.2) is 9.66 Å². The molecule has 1 saturated heterocycles. The van der Waals surface area contributed by atoms with Gasteiger partial charge >= 0.3 is 6.01 Å². The number of nitrogens with two attached hydrogens (primary N) is 1. The van der Waals surface area contributed by atoms with Crippen molar-refractivity contribution >= 4 is 29.5 Å². The van der Waals surface area contributed by atoms with E-state index in [1.54, 1.807) is 47.4 Å². The standard InChI is InChI=1S/C21H23N7O3.ClH/c1-3-4-11-27-17-19(24-14(2)28(20(17)30)26-12-9-23-10-13-26)25-21(27)31-16-8-6-5-7-15(16)18(22)29;/h5-8,23H,9-13H2,1-2H3,(H2,22,29);1H. The lowest BCUT2D eigenvalue weighted by atomic mass is 10.2. The molecular weight excluding hydrogens is 434 g/mol. The number of para-hydroxylation sites is 1. The van der Waals surface area contributed by atoms with Gasteiger partial charge in [-0.2, -0.15) is 4.98 Å². The van der Waals surface area contributed by atoms with E-state index in [1.807, 2.05) is 5.01 Å². The van der Waals surface area contributed by atoms with Crippen LogP contribution in [0, 0.1) is 18.8 Å². The van der Waals surface area contributed by atoms with E-state index in [0.29, 0.717) is 24.4 Å². The van der Waals surface area contributed by atoms with E-state index in [2.05, 4.69) is 27.1 Å². The van der Waals surface area contributed by atoms with Crippen LogP contribution in [0.1, 0.15) is 23.1 Å². The minimum absolute atomic E-state index is 0. The summed E-state index contributed by atoms with van der Waals surface area (Å²) in [7, 11) is 0. The van der Waals surface area contributed by atoms with Gasteiger partial charge in [-0.3, -0.25) is 14.2 Å². The van der Waals surface area contributed by atoms with Gasteiger partial charge in [0.25, 0.3) is 11.5 Å². The normalized spacial score (nSPS) is 13.2. The summed E-state index contributed by atoms with van der Waals surface area (Å²) in [5, 5.41) is 5.24. The number of carbonyl (C=O) groups excluding carboxylic acids is 1. The monoisotopic (exact) mass is 457 g/mol. The molecule has 3 heterocycles. The van der Waals surface area contributed by atoms with Crippen molar-refractivity contribution in [3.05, 3.63) is 46.0 Å². The molecule has 168 valence electrons. The maximum Gasteiger partial charge on any atom is 0.305 e. The molecule has 1 aliphatic rings. The second kappa shape index (κ2) is 9.72. The Labute approximate surface area is 190 Å². The Morgan fingerprint density at radius 1 is 1.25 bits per heavy atom. The molecule has 3 N–H and O–H groups in total. The number of primary amides is 1. The van der Waals surface area contributed by atoms with Crippen LogP contribution in [0.2, 0.25) is 0 Å². The lowest BCUT2D eigenvalue weighted by Crippen LogP contribution is -2.53. The first-order valence-electron chi connectivity index (χ1n) is 9.93. The Bertz CT molecular complexity index is 1270. The van der Waals surface area contributed by atoms with E-state index in [4.69, 9.17) is 10.5 Å². The van der Waals surface area contributed by atoms with Crippen LogP contribution in [0.25, 0.3) is 11.2 Å². The number of benzene rings is 1. The van der Waals surface area contributed by atoms with Crippen molar-refractivity contribution in [2.24, 2.45) is 5.73 Å². The molecule has 0 aliphatic carbocycles. The van der Waals surface area contributed by atoms with Gasteiger partial charge in [0.05, 0.1) is 12.1 Å². The molecule has 0 bridgehead atoms. The number of aromatic nitrogens is 4. The molecular formula is C21H24ClN7O3. The first-order valence-corrected chi connectivity index (χ1v) is 9.93. The van der Waals surface area contributed by atoms with Crippen molar-refractivity contribution in [3.8, 4) is 23.6 Å². The Morgan fingerprint density at radius 3 is 2.66 bits per heavy atom. The van der Waals surface area contributed by atoms with Gasteiger partial charge in [-0.05, 0) is 26.0 Å². The molecule has 11 heteroatoms. The van der Waals surface area contributed by atoms with E-state index in [1.165, 1.54) is 0 Å². The quantitative estimate of drug-likeness (QED) is 0.543.